The van der Waals surface area contributed by atoms with Crippen LogP contribution in [0.3, 0.4) is 0 Å². The molecule has 1 atom stereocenters. The summed E-state index contributed by atoms with van der Waals surface area (Å²) in [5, 5.41) is 3.62. The van der Waals surface area contributed by atoms with Gasteiger partial charge < -0.3 is 10.2 Å². The Morgan fingerprint density at radius 2 is 1.87 bits per heavy atom. The molecule has 1 N–H and O–H groups in total. The number of hydrogen-bond acceptors (Lipinski definition) is 6. The van der Waals surface area contributed by atoms with E-state index in [1.165, 1.54) is 19.3 Å². The third-order valence-corrected chi connectivity index (χ3v) is 10.1. The number of benzene rings is 1. The number of sulfonamides is 1. The molecule has 8 nitrogen and oxygen atoms in total. The molecule has 1 aromatic carbocycles. The molecule has 208 valence electrons. The largest absolute Gasteiger partial charge is 0.352 e. The molecule has 2 aliphatic rings. The standard InChI is InChI=1S/C30H39N5O3S/c1-22-11-17-35(18-12-22)39(37,38)25-9-10-28-26(19-25)27(20-29(33-28)24-8-5-13-31-21-24)30(36)32-14-6-16-34-15-4-3-7-23(34)2/h5,8-10,13,19-23H,3-4,6-7,11-12,14-18H2,1-2H3,(H,32,36)/t23-/m1/s1. The lowest BCUT2D eigenvalue weighted by molar-refractivity contribution is 0.0950. The summed E-state index contributed by atoms with van der Waals surface area (Å²) in [6.45, 7) is 8.09. The van der Waals surface area contributed by atoms with Crippen LogP contribution in [-0.2, 0) is 10.0 Å². The Morgan fingerprint density at radius 1 is 1.05 bits per heavy atom. The van der Waals surface area contributed by atoms with Gasteiger partial charge in [0.15, 0.2) is 0 Å². The Hall–Kier alpha value is -2.88. The molecule has 9 heteroatoms. The van der Waals surface area contributed by atoms with Crippen molar-refractivity contribution in [3.05, 3.63) is 54.4 Å². The zero-order valence-electron chi connectivity index (χ0n) is 23.0. The maximum Gasteiger partial charge on any atom is 0.252 e. The monoisotopic (exact) mass is 549 g/mol. The highest BCUT2D eigenvalue weighted by molar-refractivity contribution is 7.89. The molecule has 2 saturated heterocycles. The molecule has 0 aliphatic carbocycles. The fourth-order valence-electron chi connectivity index (χ4n) is 5.66. The molecule has 1 amide bonds. The smallest absolute Gasteiger partial charge is 0.252 e. The van der Waals surface area contributed by atoms with E-state index in [9.17, 15) is 13.2 Å². The first-order valence-electron chi connectivity index (χ1n) is 14.2. The van der Waals surface area contributed by atoms with E-state index in [1.54, 1.807) is 41.0 Å². The van der Waals surface area contributed by atoms with Crippen molar-refractivity contribution in [1.29, 1.82) is 0 Å². The lowest BCUT2D eigenvalue weighted by Crippen LogP contribution is -2.39. The fraction of sp³-hybridized carbons (Fsp3) is 0.500. The first-order chi connectivity index (χ1) is 18.8. The average Bonchev–Trinajstić information content (AvgIpc) is 2.96. The highest BCUT2D eigenvalue weighted by Gasteiger charge is 2.29. The van der Waals surface area contributed by atoms with Gasteiger partial charge in [0.1, 0.15) is 0 Å². The van der Waals surface area contributed by atoms with Gasteiger partial charge in [-0.3, -0.25) is 9.78 Å². The minimum atomic E-state index is -3.66. The molecule has 2 aromatic heterocycles. The lowest BCUT2D eigenvalue weighted by Gasteiger charge is -2.33. The second-order valence-electron chi connectivity index (χ2n) is 11.1. The summed E-state index contributed by atoms with van der Waals surface area (Å²) in [6.07, 6.45) is 9.73. The van der Waals surface area contributed by atoms with Crippen molar-refractivity contribution >= 4 is 26.8 Å². The summed E-state index contributed by atoms with van der Waals surface area (Å²) in [5.74, 6) is 0.303. The van der Waals surface area contributed by atoms with Gasteiger partial charge in [0.05, 0.1) is 21.7 Å². The summed E-state index contributed by atoms with van der Waals surface area (Å²) >= 11 is 0. The molecule has 0 unspecified atom stereocenters. The SMILES string of the molecule is CC1CCN(S(=O)(=O)c2ccc3nc(-c4cccnc4)cc(C(=O)NCCCN4CCCC[C@H]4C)c3c2)CC1. The van der Waals surface area contributed by atoms with Crippen LogP contribution in [0.5, 0.6) is 0 Å². The lowest BCUT2D eigenvalue weighted by atomic mass is 10.0. The van der Waals surface area contributed by atoms with E-state index in [1.807, 2.05) is 12.1 Å². The van der Waals surface area contributed by atoms with Crippen molar-refractivity contribution < 1.29 is 13.2 Å². The zero-order valence-corrected chi connectivity index (χ0v) is 23.8. The Labute approximate surface area is 231 Å². The van der Waals surface area contributed by atoms with Gasteiger partial charge in [0.2, 0.25) is 10.0 Å². The maximum atomic E-state index is 13.5. The van der Waals surface area contributed by atoms with Crippen molar-refractivity contribution in [3.8, 4) is 11.3 Å². The number of aromatic nitrogens is 2. The minimum absolute atomic E-state index is 0.202. The molecule has 0 spiro atoms. The summed E-state index contributed by atoms with van der Waals surface area (Å²) in [4.78, 5) is 25.2. The van der Waals surface area contributed by atoms with E-state index >= 15 is 0 Å². The van der Waals surface area contributed by atoms with E-state index in [4.69, 9.17) is 4.98 Å². The molecule has 2 fully saturated rings. The van der Waals surface area contributed by atoms with Crippen LogP contribution >= 0.6 is 0 Å². The van der Waals surface area contributed by atoms with Crippen molar-refractivity contribution in [3.63, 3.8) is 0 Å². The number of likely N-dealkylation sites (tertiary alicyclic amines) is 1. The van der Waals surface area contributed by atoms with Gasteiger partial charge in [-0.2, -0.15) is 4.31 Å². The predicted molar refractivity (Wildman–Crippen MR) is 154 cm³/mol. The van der Waals surface area contributed by atoms with Gasteiger partial charge in [0.25, 0.3) is 5.91 Å². The first-order valence-corrected chi connectivity index (χ1v) is 15.6. The van der Waals surface area contributed by atoms with Crippen LogP contribution in [0.4, 0.5) is 0 Å². The second kappa shape index (κ2) is 12.1. The maximum absolute atomic E-state index is 13.5. The van der Waals surface area contributed by atoms with Crippen molar-refractivity contribution in [1.82, 2.24) is 24.5 Å². The van der Waals surface area contributed by atoms with Crippen LogP contribution in [0.15, 0.2) is 53.7 Å². The quantitative estimate of drug-likeness (QED) is 0.409. The van der Waals surface area contributed by atoms with E-state index < -0.39 is 10.0 Å². The highest BCUT2D eigenvalue weighted by Crippen LogP contribution is 2.29. The van der Waals surface area contributed by atoms with E-state index in [2.05, 4.69) is 29.0 Å². The highest BCUT2D eigenvalue weighted by atomic mass is 32.2. The van der Waals surface area contributed by atoms with Crippen LogP contribution in [0.25, 0.3) is 22.2 Å². The number of rotatable bonds is 8. The van der Waals surface area contributed by atoms with Crippen LogP contribution < -0.4 is 5.32 Å². The van der Waals surface area contributed by atoms with Crippen LogP contribution in [-0.4, -0.2) is 72.3 Å². The average molecular weight is 550 g/mol. The van der Waals surface area contributed by atoms with Gasteiger partial charge >= 0.3 is 0 Å². The summed E-state index contributed by atoms with van der Waals surface area (Å²) in [7, 11) is -3.66. The van der Waals surface area contributed by atoms with Crippen LogP contribution in [0.2, 0.25) is 0 Å². The molecule has 2 aliphatic heterocycles. The first kappa shape index (κ1) is 27.7. The number of hydrogen-bond donors (Lipinski definition) is 1. The van der Waals surface area contributed by atoms with Gasteiger partial charge in [-0.1, -0.05) is 13.3 Å². The number of carbonyl (C=O) groups excluding carboxylic acids is 1. The molecule has 39 heavy (non-hydrogen) atoms. The molecule has 0 radical (unpaired) electrons. The van der Waals surface area contributed by atoms with Crippen LogP contribution in [0, 0.1) is 5.92 Å². The van der Waals surface area contributed by atoms with Crippen LogP contribution in [0.1, 0.15) is 62.7 Å². The Morgan fingerprint density at radius 3 is 2.62 bits per heavy atom. The molecule has 0 saturated carbocycles. The van der Waals surface area contributed by atoms with Gasteiger partial charge in [-0.15, -0.1) is 0 Å². The molecule has 3 aromatic rings. The third kappa shape index (κ3) is 6.31. The summed E-state index contributed by atoms with van der Waals surface area (Å²) < 4.78 is 28.5. The number of amides is 1. The molecule has 5 rings (SSSR count). The van der Waals surface area contributed by atoms with Gasteiger partial charge in [-0.05, 0) is 87.9 Å². The summed E-state index contributed by atoms with van der Waals surface area (Å²) in [6, 6.07) is 11.0. The number of nitrogens with one attached hydrogen (secondary N) is 1. The molecular formula is C30H39N5O3S. The number of pyridine rings is 2. The minimum Gasteiger partial charge on any atom is -0.352 e. The predicted octanol–water partition coefficient (Wildman–Crippen LogP) is 4.71. The fourth-order valence-corrected chi connectivity index (χ4v) is 7.16. The van der Waals surface area contributed by atoms with Gasteiger partial charge in [-0.25, -0.2) is 13.4 Å². The van der Waals surface area contributed by atoms with E-state index in [0.717, 1.165) is 37.9 Å². The Balaban J connectivity index is 1.42. The number of carbonyl (C=O) groups is 1. The normalized spacial score (nSPS) is 19.8. The molecule has 4 heterocycles. The van der Waals surface area contributed by atoms with Gasteiger partial charge in [0, 0.05) is 55.6 Å². The second-order valence-corrected chi connectivity index (χ2v) is 13.0. The Kier molecular flexibility index (Phi) is 8.59. The number of piperidine rings is 2. The molecular weight excluding hydrogens is 510 g/mol. The topological polar surface area (TPSA) is 95.5 Å². The van der Waals surface area contributed by atoms with E-state index in [-0.39, 0.29) is 10.8 Å². The Bertz CT molecular complexity index is 1400. The third-order valence-electron chi connectivity index (χ3n) is 8.21. The van der Waals surface area contributed by atoms with Crippen molar-refractivity contribution in [2.24, 2.45) is 5.92 Å². The van der Waals surface area contributed by atoms with Crippen molar-refractivity contribution in [2.45, 2.75) is 63.3 Å². The summed E-state index contributed by atoms with van der Waals surface area (Å²) in [5.41, 5.74) is 2.43. The van der Waals surface area contributed by atoms with E-state index in [0.29, 0.717) is 53.8 Å². The zero-order chi connectivity index (χ0) is 27.4. The molecule has 0 bridgehead atoms. The number of nitrogens with zero attached hydrogens (tertiary/aromatic N) is 4. The van der Waals surface area contributed by atoms with Crippen molar-refractivity contribution in [2.75, 3.05) is 32.7 Å². The number of fused-ring (bicyclic) bond motifs is 1.